The molecule has 0 saturated carbocycles. The van der Waals surface area contributed by atoms with Gasteiger partial charge in [0.2, 0.25) is 9.49 Å². The summed E-state index contributed by atoms with van der Waals surface area (Å²) in [6.45, 7) is 3.22. The lowest BCUT2D eigenvalue weighted by molar-refractivity contribution is -0.140. The van der Waals surface area contributed by atoms with Crippen LogP contribution in [-0.2, 0) is 28.9 Å². The normalized spacial score (nSPS) is 27.5. The zero-order valence-corrected chi connectivity index (χ0v) is 15.9. The molecule has 0 aromatic heterocycles. The maximum atomic E-state index is 13.8. The summed E-state index contributed by atoms with van der Waals surface area (Å²) in [5.41, 5.74) is 0. The van der Waals surface area contributed by atoms with E-state index in [0.717, 1.165) is 0 Å². The van der Waals surface area contributed by atoms with Crippen LogP contribution in [0.5, 0.6) is 0 Å². The van der Waals surface area contributed by atoms with E-state index in [2.05, 4.69) is 0 Å². The van der Waals surface area contributed by atoms with Gasteiger partial charge in [-0.25, -0.2) is 8.42 Å². The number of allylic oxidation sites excluding steroid dienone is 6. The van der Waals surface area contributed by atoms with Gasteiger partial charge < -0.3 is 19.7 Å². The minimum atomic E-state index is -4.94. The van der Waals surface area contributed by atoms with Crippen molar-refractivity contribution in [1.82, 2.24) is 0 Å². The molecule has 0 aromatic rings. The molecule has 9 heteroatoms. The van der Waals surface area contributed by atoms with Crippen molar-refractivity contribution in [2.24, 2.45) is 0 Å². The molecule has 0 radical (unpaired) electrons. The van der Waals surface area contributed by atoms with Crippen LogP contribution in [0.1, 0.15) is 26.7 Å². The van der Waals surface area contributed by atoms with E-state index in [1.807, 2.05) is 0 Å². The molecule has 27 heavy (non-hydrogen) atoms. The van der Waals surface area contributed by atoms with Crippen molar-refractivity contribution in [2.45, 2.75) is 36.2 Å². The molecule has 148 valence electrons. The predicted molar refractivity (Wildman–Crippen MR) is 96.6 cm³/mol. The average molecular weight is 398 g/mol. The molecule has 2 N–H and O–H groups in total. The lowest BCUT2D eigenvalue weighted by atomic mass is 9.96. The first-order valence-corrected chi connectivity index (χ1v) is 9.91. The van der Waals surface area contributed by atoms with E-state index in [-0.39, 0.29) is 24.7 Å². The first kappa shape index (κ1) is 20.8. The van der Waals surface area contributed by atoms with Crippen LogP contribution in [0, 0.1) is 0 Å². The summed E-state index contributed by atoms with van der Waals surface area (Å²) in [6, 6.07) is 0. The third-order valence-electron chi connectivity index (χ3n) is 4.58. The second-order valence-electron chi connectivity index (χ2n) is 5.96. The molecule has 0 amide bonds. The molecular formula is C18H22O8S. The number of carboxylic acids is 2. The zero-order chi connectivity index (χ0) is 20.3. The van der Waals surface area contributed by atoms with Crippen molar-refractivity contribution in [3.8, 4) is 0 Å². The first-order valence-electron chi connectivity index (χ1n) is 8.43. The first-order chi connectivity index (χ1) is 12.7. The number of aliphatic carboxylic acids is 2. The van der Waals surface area contributed by atoms with Gasteiger partial charge >= 0.3 is 11.9 Å². The fourth-order valence-electron chi connectivity index (χ4n) is 3.29. The quantitative estimate of drug-likeness (QED) is 0.634. The Balaban J connectivity index is 2.82. The van der Waals surface area contributed by atoms with Gasteiger partial charge in [-0.2, -0.15) is 0 Å². The van der Waals surface area contributed by atoms with E-state index in [0.29, 0.717) is 0 Å². The molecule has 2 atom stereocenters. The SMILES string of the molecule is CCOC1=CC=CC[C@@]1(C(=O)O)S(=O)(=O)[C@@]1(C(=O)O)CC=CC=C1OCC. The molecule has 0 aliphatic heterocycles. The molecule has 0 saturated heterocycles. The maximum absolute atomic E-state index is 13.8. The highest BCUT2D eigenvalue weighted by Crippen LogP contribution is 2.47. The summed E-state index contributed by atoms with van der Waals surface area (Å²) in [4.78, 5) is 24.6. The lowest BCUT2D eigenvalue weighted by Crippen LogP contribution is -2.62. The highest BCUT2D eigenvalue weighted by atomic mass is 32.2. The Morgan fingerprint density at radius 2 is 1.30 bits per heavy atom. The molecule has 0 spiro atoms. The topological polar surface area (TPSA) is 127 Å². The van der Waals surface area contributed by atoms with Crippen LogP contribution in [0.3, 0.4) is 0 Å². The molecule has 0 aromatic carbocycles. The summed E-state index contributed by atoms with van der Waals surface area (Å²) < 4.78 is 33.1. The van der Waals surface area contributed by atoms with Gasteiger partial charge in [-0.15, -0.1) is 0 Å². The number of carbonyl (C=O) groups is 2. The van der Waals surface area contributed by atoms with Gasteiger partial charge in [-0.1, -0.05) is 24.3 Å². The van der Waals surface area contributed by atoms with Crippen molar-refractivity contribution in [3.63, 3.8) is 0 Å². The Labute approximate surface area is 157 Å². The Morgan fingerprint density at radius 1 is 0.926 bits per heavy atom. The van der Waals surface area contributed by atoms with E-state index >= 15 is 0 Å². The largest absolute Gasteiger partial charge is 0.496 e. The van der Waals surface area contributed by atoms with Gasteiger partial charge in [0.25, 0.3) is 0 Å². The van der Waals surface area contributed by atoms with Gasteiger partial charge in [0.15, 0.2) is 9.84 Å². The highest BCUT2D eigenvalue weighted by molar-refractivity contribution is 7.96. The molecule has 2 aliphatic rings. The van der Waals surface area contributed by atoms with Crippen LogP contribution in [-0.4, -0.2) is 53.3 Å². The summed E-state index contributed by atoms with van der Waals surface area (Å²) in [5.74, 6) is -4.02. The molecule has 2 rings (SSSR count). The minimum absolute atomic E-state index is 0.0261. The van der Waals surface area contributed by atoms with Crippen molar-refractivity contribution >= 4 is 21.8 Å². The predicted octanol–water partition coefficient (Wildman–Crippen LogP) is 1.81. The molecule has 2 aliphatic carbocycles. The summed E-state index contributed by atoms with van der Waals surface area (Å²) in [5, 5.41) is 19.9. The maximum Gasteiger partial charge on any atom is 0.333 e. The van der Waals surface area contributed by atoms with Gasteiger partial charge in [0, 0.05) is 12.8 Å². The summed E-state index contributed by atoms with van der Waals surface area (Å²) in [6.07, 6.45) is 7.29. The molecule has 0 fully saturated rings. The van der Waals surface area contributed by atoms with Gasteiger partial charge in [-0.05, 0) is 26.0 Å². The number of sulfone groups is 1. The van der Waals surface area contributed by atoms with Gasteiger partial charge in [0.05, 0.1) is 13.2 Å². The second-order valence-corrected chi connectivity index (χ2v) is 8.36. The fourth-order valence-corrected chi connectivity index (χ4v) is 5.76. The van der Waals surface area contributed by atoms with Gasteiger partial charge in [-0.3, -0.25) is 9.59 Å². The van der Waals surface area contributed by atoms with Crippen LogP contribution in [0.4, 0.5) is 0 Å². The van der Waals surface area contributed by atoms with Crippen LogP contribution < -0.4 is 0 Å². The third kappa shape index (κ3) is 2.86. The Morgan fingerprint density at radius 3 is 1.59 bits per heavy atom. The molecule has 0 heterocycles. The number of rotatable bonds is 8. The molecule has 8 nitrogen and oxygen atoms in total. The molecule has 0 unspecified atom stereocenters. The monoisotopic (exact) mass is 398 g/mol. The van der Waals surface area contributed by atoms with Crippen LogP contribution in [0.15, 0.2) is 48.0 Å². The fraction of sp³-hybridized carbons (Fsp3) is 0.444. The lowest BCUT2D eigenvalue weighted by Gasteiger charge is -2.40. The number of ether oxygens (including phenoxy) is 2. The Bertz CT molecular complexity index is 785. The van der Waals surface area contributed by atoms with Crippen molar-refractivity contribution in [2.75, 3.05) is 13.2 Å². The second kappa shape index (κ2) is 7.59. The number of hydrogen-bond donors (Lipinski definition) is 2. The van der Waals surface area contributed by atoms with Crippen LogP contribution in [0.2, 0.25) is 0 Å². The van der Waals surface area contributed by atoms with Crippen molar-refractivity contribution in [1.29, 1.82) is 0 Å². The zero-order valence-electron chi connectivity index (χ0n) is 15.0. The van der Waals surface area contributed by atoms with Crippen LogP contribution in [0.25, 0.3) is 0 Å². The van der Waals surface area contributed by atoms with Crippen molar-refractivity contribution in [3.05, 3.63) is 48.0 Å². The number of carboxylic acid groups (broad SMARTS) is 2. The van der Waals surface area contributed by atoms with E-state index in [1.54, 1.807) is 13.8 Å². The minimum Gasteiger partial charge on any atom is -0.496 e. The third-order valence-corrected chi connectivity index (χ3v) is 7.50. The van der Waals surface area contributed by atoms with Crippen molar-refractivity contribution < 1.29 is 37.7 Å². The summed E-state index contributed by atoms with van der Waals surface area (Å²) >= 11 is 0. The summed E-state index contributed by atoms with van der Waals surface area (Å²) in [7, 11) is -4.94. The standard InChI is InChI=1S/C18H22O8S/c1-3-25-13-9-5-7-11-17(13,15(19)20)27(23,24)18(16(21)22)12-8-6-10-14(18)26-4-2/h5-10H,3-4,11-12H2,1-2H3,(H,19,20)(H,21,22)/t17-,18+. The number of hydrogen-bond acceptors (Lipinski definition) is 6. The van der Waals surface area contributed by atoms with Crippen LogP contribution >= 0.6 is 0 Å². The van der Waals surface area contributed by atoms with E-state index in [9.17, 15) is 28.2 Å². The molecular weight excluding hydrogens is 376 g/mol. The average Bonchev–Trinajstić information content (AvgIpc) is 2.62. The smallest absolute Gasteiger partial charge is 0.333 e. The van der Waals surface area contributed by atoms with E-state index < -0.39 is 44.1 Å². The highest BCUT2D eigenvalue weighted by Gasteiger charge is 2.68. The molecule has 0 bridgehead atoms. The van der Waals surface area contributed by atoms with Gasteiger partial charge in [0.1, 0.15) is 11.5 Å². The Hall–Kier alpha value is -2.55. The Kier molecular flexibility index (Phi) is 5.84. The van der Waals surface area contributed by atoms with E-state index in [4.69, 9.17) is 9.47 Å². The van der Waals surface area contributed by atoms with E-state index in [1.165, 1.54) is 36.5 Å².